The number of carbonyl (C=O) groups excluding carboxylic acids is 3. The Morgan fingerprint density at radius 2 is 2.04 bits per heavy atom. The van der Waals surface area contributed by atoms with E-state index in [0.717, 1.165) is 4.90 Å². The molecule has 4 amide bonds. The number of benzene rings is 1. The summed E-state index contributed by atoms with van der Waals surface area (Å²) < 4.78 is 18.0. The maximum Gasteiger partial charge on any atom is 0.325 e. The molecule has 1 unspecified atom stereocenters. The molecule has 0 aliphatic carbocycles. The molecule has 27 heavy (non-hydrogen) atoms. The van der Waals surface area contributed by atoms with Crippen molar-refractivity contribution in [2.24, 2.45) is 0 Å². The van der Waals surface area contributed by atoms with Gasteiger partial charge in [0.25, 0.3) is 5.91 Å². The summed E-state index contributed by atoms with van der Waals surface area (Å²) in [5, 5.41) is 8.79. The van der Waals surface area contributed by atoms with Crippen molar-refractivity contribution in [2.45, 2.75) is 25.8 Å². The Morgan fingerprint density at radius 3 is 2.67 bits per heavy atom. The van der Waals surface area contributed by atoms with Gasteiger partial charge in [-0.05, 0) is 31.5 Å². The summed E-state index contributed by atoms with van der Waals surface area (Å²) in [5.41, 5.74) is -0.927. The molecule has 1 atom stereocenters. The van der Waals surface area contributed by atoms with Crippen LogP contribution < -0.4 is 10.6 Å². The van der Waals surface area contributed by atoms with Crippen LogP contribution in [0.5, 0.6) is 0 Å². The van der Waals surface area contributed by atoms with Crippen LogP contribution in [0.4, 0.5) is 9.18 Å². The van der Waals surface area contributed by atoms with E-state index in [1.807, 2.05) is 0 Å². The third kappa shape index (κ3) is 3.78. The highest BCUT2D eigenvalue weighted by Crippen LogP contribution is 2.28. The first-order chi connectivity index (χ1) is 12.8. The van der Waals surface area contributed by atoms with E-state index in [-0.39, 0.29) is 6.54 Å². The number of aromatic nitrogens is 2. The van der Waals surface area contributed by atoms with Gasteiger partial charge in [0.15, 0.2) is 5.82 Å². The van der Waals surface area contributed by atoms with Crippen LogP contribution in [0.1, 0.15) is 24.2 Å². The molecule has 2 N–H and O–H groups in total. The van der Waals surface area contributed by atoms with Crippen LogP contribution >= 0.6 is 0 Å². The molecule has 0 bridgehead atoms. The minimum absolute atomic E-state index is 0.222. The average Bonchev–Trinajstić information content (AvgIpc) is 3.12. The van der Waals surface area contributed by atoms with Gasteiger partial charge in [0.2, 0.25) is 11.8 Å². The van der Waals surface area contributed by atoms with Gasteiger partial charge in [-0.3, -0.25) is 14.5 Å². The van der Waals surface area contributed by atoms with E-state index in [2.05, 4.69) is 20.8 Å². The standard InChI is InChI=1S/C17H18FN5O4/c1-10-20-14(27-22-10)7-8-19-13(24)9-23-15(25)17(2,21-16(23)26)11-3-5-12(18)6-4-11/h3-6H,7-9H2,1-2H3,(H,19,24)(H,21,26). The zero-order valence-corrected chi connectivity index (χ0v) is 14.8. The molecule has 2 aromatic rings. The van der Waals surface area contributed by atoms with Gasteiger partial charge in [-0.25, -0.2) is 9.18 Å². The van der Waals surface area contributed by atoms with E-state index in [9.17, 15) is 18.8 Å². The Kier molecular flexibility index (Phi) is 4.89. The van der Waals surface area contributed by atoms with E-state index < -0.39 is 35.7 Å². The van der Waals surface area contributed by atoms with Gasteiger partial charge in [-0.1, -0.05) is 17.3 Å². The van der Waals surface area contributed by atoms with Gasteiger partial charge in [0.1, 0.15) is 17.9 Å². The fourth-order valence-corrected chi connectivity index (χ4v) is 2.77. The number of hydrogen-bond donors (Lipinski definition) is 2. The normalized spacial score (nSPS) is 19.3. The van der Waals surface area contributed by atoms with Gasteiger partial charge in [0.05, 0.1) is 0 Å². The number of imide groups is 1. The topological polar surface area (TPSA) is 117 Å². The zero-order chi connectivity index (χ0) is 19.6. The molecule has 10 heteroatoms. The summed E-state index contributed by atoms with van der Waals surface area (Å²) in [6, 6.07) is 4.56. The van der Waals surface area contributed by atoms with Crippen molar-refractivity contribution in [3.63, 3.8) is 0 Å². The quantitative estimate of drug-likeness (QED) is 0.716. The second-order valence-electron chi connectivity index (χ2n) is 6.29. The molecule has 0 radical (unpaired) electrons. The Morgan fingerprint density at radius 1 is 1.33 bits per heavy atom. The number of carbonyl (C=O) groups is 3. The fourth-order valence-electron chi connectivity index (χ4n) is 2.77. The number of aryl methyl sites for hydroxylation is 1. The van der Waals surface area contributed by atoms with Gasteiger partial charge in [-0.2, -0.15) is 4.98 Å². The molecule has 1 aliphatic heterocycles. The number of hydrogen-bond acceptors (Lipinski definition) is 6. The first-order valence-corrected chi connectivity index (χ1v) is 8.25. The maximum atomic E-state index is 13.1. The molecular formula is C17H18FN5O4. The Balaban J connectivity index is 1.59. The number of nitrogens with one attached hydrogen (secondary N) is 2. The highest BCUT2D eigenvalue weighted by molar-refractivity contribution is 6.09. The lowest BCUT2D eigenvalue weighted by Crippen LogP contribution is -2.43. The van der Waals surface area contributed by atoms with E-state index in [1.54, 1.807) is 6.92 Å². The summed E-state index contributed by atoms with van der Waals surface area (Å²) in [6.45, 7) is 2.99. The highest BCUT2D eigenvalue weighted by Gasteiger charge is 2.49. The molecule has 2 heterocycles. The molecule has 142 valence electrons. The predicted molar refractivity (Wildman–Crippen MR) is 89.7 cm³/mol. The van der Waals surface area contributed by atoms with Crippen molar-refractivity contribution >= 4 is 17.8 Å². The maximum absolute atomic E-state index is 13.1. The summed E-state index contributed by atoms with van der Waals surface area (Å²) in [6.07, 6.45) is 0.333. The zero-order valence-electron chi connectivity index (χ0n) is 14.8. The predicted octanol–water partition coefficient (Wildman–Crippen LogP) is 0.643. The van der Waals surface area contributed by atoms with E-state index in [4.69, 9.17) is 4.52 Å². The third-order valence-electron chi connectivity index (χ3n) is 4.23. The lowest BCUT2D eigenvalue weighted by atomic mass is 9.92. The lowest BCUT2D eigenvalue weighted by molar-refractivity contribution is -0.134. The molecule has 1 aromatic carbocycles. The fraction of sp³-hybridized carbons (Fsp3) is 0.353. The van der Waals surface area contributed by atoms with E-state index in [0.29, 0.717) is 23.7 Å². The summed E-state index contributed by atoms with van der Waals surface area (Å²) in [4.78, 5) is 41.8. The molecule has 1 saturated heterocycles. The second kappa shape index (κ2) is 7.14. The van der Waals surface area contributed by atoms with Crippen LogP contribution in [0.25, 0.3) is 0 Å². The van der Waals surface area contributed by atoms with Crippen LogP contribution in [-0.2, 0) is 21.5 Å². The molecule has 0 saturated carbocycles. The number of amides is 4. The lowest BCUT2D eigenvalue weighted by Gasteiger charge is -2.22. The smallest absolute Gasteiger partial charge is 0.325 e. The van der Waals surface area contributed by atoms with Gasteiger partial charge in [0, 0.05) is 13.0 Å². The average molecular weight is 375 g/mol. The molecular weight excluding hydrogens is 357 g/mol. The SMILES string of the molecule is Cc1noc(CCNC(=O)CN2C(=O)NC(C)(c3ccc(F)cc3)C2=O)n1. The van der Waals surface area contributed by atoms with Crippen molar-refractivity contribution in [3.05, 3.63) is 47.4 Å². The van der Waals surface area contributed by atoms with Crippen molar-refractivity contribution in [1.82, 2.24) is 25.7 Å². The minimum Gasteiger partial charge on any atom is -0.354 e. The van der Waals surface area contributed by atoms with Crippen LogP contribution in [0.2, 0.25) is 0 Å². The van der Waals surface area contributed by atoms with Crippen LogP contribution in [0.3, 0.4) is 0 Å². The van der Waals surface area contributed by atoms with Crippen molar-refractivity contribution in [3.8, 4) is 0 Å². The van der Waals surface area contributed by atoms with Gasteiger partial charge < -0.3 is 15.2 Å². The number of urea groups is 1. The Labute approximate surface area is 153 Å². The van der Waals surface area contributed by atoms with E-state index in [1.165, 1.54) is 31.2 Å². The van der Waals surface area contributed by atoms with Crippen molar-refractivity contribution in [1.29, 1.82) is 0 Å². The molecule has 1 fully saturated rings. The second-order valence-corrected chi connectivity index (χ2v) is 6.29. The Bertz CT molecular complexity index is 882. The van der Waals surface area contributed by atoms with Crippen LogP contribution in [0, 0.1) is 12.7 Å². The van der Waals surface area contributed by atoms with Crippen molar-refractivity contribution < 1.29 is 23.3 Å². The summed E-state index contributed by atoms with van der Waals surface area (Å²) in [5.74, 6) is -0.658. The van der Waals surface area contributed by atoms with E-state index >= 15 is 0 Å². The van der Waals surface area contributed by atoms with Crippen molar-refractivity contribution in [2.75, 3.05) is 13.1 Å². The number of rotatable bonds is 6. The summed E-state index contributed by atoms with van der Waals surface area (Å²) >= 11 is 0. The largest absolute Gasteiger partial charge is 0.354 e. The van der Waals surface area contributed by atoms with Crippen LogP contribution in [-0.4, -0.2) is 46.0 Å². The first-order valence-electron chi connectivity index (χ1n) is 8.25. The molecule has 1 aromatic heterocycles. The highest BCUT2D eigenvalue weighted by atomic mass is 19.1. The monoisotopic (exact) mass is 375 g/mol. The van der Waals surface area contributed by atoms with Gasteiger partial charge >= 0.3 is 6.03 Å². The molecule has 0 spiro atoms. The van der Waals surface area contributed by atoms with Gasteiger partial charge in [-0.15, -0.1) is 0 Å². The first kappa shape index (κ1) is 18.5. The minimum atomic E-state index is -1.35. The van der Waals surface area contributed by atoms with Crippen LogP contribution in [0.15, 0.2) is 28.8 Å². The molecule has 1 aliphatic rings. The molecule has 9 nitrogen and oxygen atoms in total. The number of halogens is 1. The number of nitrogens with zero attached hydrogens (tertiary/aromatic N) is 3. The Hall–Kier alpha value is -3.30. The summed E-state index contributed by atoms with van der Waals surface area (Å²) in [7, 11) is 0. The third-order valence-corrected chi connectivity index (χ3v) is 4.23. The molecule has 3 rings (SSSR count).